The normalized spacial score (nSPS) is 21.6. The number of piperazine rings is 1. The predicted molar refractivity (Wildman–Crippen MR) is 74.7 cm³/mol. The van der Waals surface area contributed by atoms with Crippen molar-refractivity contribution in [1.82, 2.24) is 10.2 Å². The molecule has 0 spiro atoms. The molecule has 2 N–H and O–H groups in total. The van der Waals surface area contributed by atoms with Crippen molar-refractivity contribution in [2.75, 3.05) is 26.2 Å². The highest BCUT2D eigenvalue weighted by Crippen LogP contribution is 2.45. The molecule has 1 aromatic carbocycles. The van der Waals surface area contributed by atoms with Gasteiger partial charge in [-0.1, -0.05) is 6.07 Å². The van der Waals surface area contributed by atoms with Gasteiger partial charge in [0.05, 0.1) is 4.92 Å². The number of nitrogens with zero attached hydrogens (tertiary/aromatic N) is 2. The Hall–Kier alpha value is -1.66. The number of benzene rings is 1. The molecule has 1 aliphatic heterocycles. The first-order valence-corrected chi connectivity index (χ1v) is 7.09. The molecule has 0 aromatic heterocycles. The molecule has 1 heterocycles. The SMILES string of the molecule is O=[N+]([O-])c1cc([C@H](C2CC2)N2CCNCC2)ccc1O. The topological polar surface area (TPSA) is 78.6 Å². The summed E-state index contributed by atoms with van der Waals surface area (Å²) in [5, 5.41) is 23.9. The molecule has 20 heavy (non-hydrogen) atoms. The lowest BCUT2D eigenvalue weighted by Crippen LogP contribution is -2.45. The second-order valence-electron chi connectivity index (χ2n) is 5.57. The third kappa shape index (κ3) is 2.62. The van der Waals surface area contributed by atoms with Gasteiger partial charge in [-0.25, -0.2) is 0 Å². The fourth-order valence-corrected chi connectivity index (χ4v) is 3.02. The zero-order valence-corrected chi connectivity index (χ0v) is 11.3. The minimum atomic E-state index is -0.513. The lowest BCUT2D eigenvalue weighted by Gasteiger charge is -2.35. The number of phenols is 1. The zero-order valence-electron chi connectivity index (χ0n) is 11.3. The van der Waals surface area contributed by atoms with Crippen LogP contribution in [0.3, 0.4) is 0 Å². The largest absolute Gasteiger partial charge is 0.502 e. The van der Waals surface area contributed by atoms with Gasteiger partial charge < -0.3 is 10.4 Å². The van der Waals surface area contributed by atoms with Gasteiger partial charge in [0.1, 0.15) is 0 Å². The van der Waals surface area contributed by atoms with Crippen LogP contribution in [0.5, 0.6) is 5.75 Å². The Kier molecular flexibility index (Phi) is 3.58. The minimum absolute atomic E-state index is 0.191. The van der Waals surface area contributed by atoms with Gasteiger partial charge in [-0.3, -0.25) is 15.0 Å². The quantitative estimate of drug-likeness (QED) is 0.646. The van der Waals surface area contributed by atoms with E-state index in [0.29, 0.717) is 5.92 Å². The Bertz CT molecular complexity index is 510. The lowest BCUT2D eigenvalue weighted by atomic mass is 9.99. The van der Waals surface area contributed by atoms with Crippen molar-refractivity contribution in [1.29, 1.82) is 0 Å². The van der Waals surface area contributed by atoms with Gasteiger partial charge in [-0.15, -0.1) is 0 Å². The molecule has 0 amide bonds. The van der Waals surface area contributed by atoms with Gasteiger partial charge in [0.15, 0.2) is 5.75 Å². The average molecular weight is 277 g/mol. The molecule has 3 rings (SSSR count). The zero-order chi connectivity index (χ0) is 14.1. The molecular formula is C14H19N3O3. The second-order valence-corrected chi connectivity index (χ2v) is 5.57. The Labute approximate surface area is 117 Å². The van der Waals surface area contributed by atoms with Gasteiger partial charge in [0.2, 0.25) is 0 Å². The summed E-state index contributed by atoms with van der Waals surface area (Å²) < 4.78 is 0. The van der Waals surface area contributed by atoms with E-state index >= 15 is 0 Å². The van der Waals surface area contributed by atoms with E-state index in [4.69, 9.17) is 0 Å². The van der Waals surface area contributed by atoms with E-state index in [1.807, 2.05) is 6.07 Å². The third-order valence-electron chi connectivity index (χ3n) is 4.15. The van der Waals surface area contributed by atoms with Crippen LogP contribution < -0.4 is 5.32 Å². The highest BCUT2D eigenvalue weighted by atomic mass is 16.6. The molecule has 1 saturated heterocycles. The van der Waals surface area contributed by atoms with Gasteiger partial charge in [-0.2, -0.15) is 0 Å². The summed E-state index contributed by atoms with van der Waals surface area (Å²) in [7, 11) is 0. The summed E-state index contributed by atoms with van der Waals surface area (Å²) in [5.74, 6) is 0.339. The summed E-state index contributed by atoms with van der Waals surface area (Å²) in [6.07, 6.45) is 2.37. The maximum Gasteiger partial charge on any atom is 0.311 e. The number of hydrogen-bond donors (Lipinski definition) is 2. The van der Waals surface area contributed by atoms with Crippen LogP contribution in [-0.4, -0.2) is 41.1 Å². The van der Waals surface area contributed by atoms with E-state index in [2.05, 4.69) is 10.2 Å². The van der Waals surface area contributed by atoms with Crippen molar-refractivity contribution < 1.29 is 10.0 Å². The van der Waals surface area contributed by atoms with Crippen LogP contribution in [0.4, 0.5) is 5.69 Å². The van der Waals surface area contributed by atoms with Crippen LogP contribution in [0.15, 0.2) is 18.2 Å². The molecule has 0 unspecified atom stereocenters. The van der Waals surface area contributed by atoms with Gasteiger partial charge in [-0.05, 0) is 30.4 Å². The molecule has 6 heteroatoms. The van der Waals surface area contributed by atoms with Gasteiger partial charge >= 0.3 is 5.69 Å². The lowest BCUT2D eigenvalue weighted by molar-refractivity contribution is -0.386. The van der Waals surface area contributed by atoms with Crippen molar-refractivity contribution in [3.8, 4) is 5.75 Å². The van der Waals surface area contributed by atoms with Crippen LogP contribution in [-0.2, 0) is 0 Å². The van der Waals surface area contributed by atoms with Crippen molar-refractivity contribution in [2.24, 2.45) is 5.92 Å². The molecule has 2 aliphatic rings. The molecular weight excluding hydrogens is 258 g/mol. The van der Waals surface area contributed by atoms with Gasteiger partial charge in [0, 0.05) is 38.3 Å². The predicted octanol–water partition coefficient (Wildman–Crippen LogP) is 1.66. The van der Waals surface area contributed by atoms with Crippen molar-refractivity contribution >= 4 is 5.69 Å². The number of nitro groups is 1. The summed E-state index contributed by atoms with van der Waals surface area (Å²) in [4.78, 5) is 12.9. The Morgan fingerprint density at radius 1 is 1.35 bits per heavy atom. The Morgan fingerprint density at radius 3 is 2.65 bits per heavy atom. The van der Waals surface area contributed by atoms with Crippen LogP contribution in [0, 0.1) is 16.0 Å². The highest BCUT2D eigenvalue weighted by Gasteiger charge is 2.37. The second kappa shape index (κ2) is 5.38. The van der Waals surface area contributed by atoms with Crippen LogP contribution in [0.2, 0.25) is 0 Å². The monoisotopic (exact) mass is 277 g/mol. The Balaban J connectivity index is 1.91. The third-order valence-corrected chi connectivity index (χ3v) is 4.15. The summed E-state index contributed by atoms with van der Waals surface area (Å²) in [5.41, 5.74) is 0.766. The van der Waals surface area contributed by atoms with Crippen LogP contribution in [0.1, 0.15) is 24.4 Å². The number of rotatable bonds is 4. The van der Waals surface area contributed by atoms with Crippen LogP contribution >= 0.6 is 0 Å². The van der Waals surface area contributed by atoms with E-state index in [1.54, 1.807) is 6.07 Å². The first-order chi connectivity index (χ1) is 9.66. The van der Waals surface area contributed by atoms with Crippen molar-refractivity contribution in [3.05, 3.63) is 33.9 Å². The van der Waals surface area contributed by atoms with Crippen molar-refractivity contribution in [2.45, 2.75) is 18.9 Å². The van der Waals surface area contributed by atoms with E-state index in [0.717, 1.165) is 31.7 Å². The average Bonchev–Trinajstić information content (AvgIpc) is 3.26. The standard InChI is InChI=1S/C14H19N3O3/c18-13-4-3-11(9-12(13)17(19)20)14(10-1-2-10)16-7-5-15-6-8-16/h3-4,9-10,14-15,18H,1-2,5-8H2/t14-/m0/s1. The Morgan fingerprint density at radius 2 is 2.05 bits per heavy atom. The number of nitro benzene ring substituents is 1. The molecule has 1 aliphatic carbocycles. The summed E-state index contributed by atoms with van der Waals surface area (Å²) in [6.45, 7) is 3.86. The molecule has 1 atom stereocenters. The van der Waals surface area contributed by atoms with E-state index in [1.165, 1.54) is 18.9 Å². The fourth-order valence-electron chi connectivity index (χ4n) is 3.02. The first kappa shape index (κ1) is 13.3. The molecule has 2 fully saturated rings. The van der Waals surface area contributed by atoms with E-state index in [9.17, 15) is 15.2 Å². The molecule has 6 nitrogen and oxygen atoms in total. The maximum atomic E-state index is 11.0. The van der Waals surface area contributed by atoms with Crippen LogP contribution in [0.25, 0.3) is 0 Å². The number of nitrogens with one attached hydrogen (secondary N) is 1. The molecule has 0 radical (unpaired) electrons. The summed E-state index contributed by atoms with van der Waals surface area (Å²) in [6, 6.07) is 5.06. The molecule has 1 saturated carbocycles. The number of hydrogen-bond acceptors (Lipinski definition) is 5. The fraction of sp³-hybridized carbons (Fsp3) is 0.571. The molecule has 0 bridgehead atoms. The van der Waals surface area contributed by atoms with Gasteiger partial charge in [0.25, 0.3) is 0 Å². The minimum Gasteiger partial charge on any atom is -0.502 e. The highest BCUT2D eigenvalue weighted by molar-refractivity contribution is 5.48. The first-order valence-electron chi connectivity index (χ1n) is 7.09. The van der Waals surface area contributed by atoms with E-state index < -0.39 is 4.92 Å². The number of phenolic OH excluding ortho intramolecular Hbond substituents is 1. The molecule has 1 aromatic rings. The van der Waals surface area contributed by atoms with Crippen molar-refractivity contribution in [3.63, 3.8) is 0 Å². The molecule has 108 valence electrons. The smallest absolute Gasteiger partial charge is 0.311 e. The number of aromatic hydroxyl groups is 1. The summed E-state index contributed by atoms with van der Waals surface area (Å²) >= 11 is 0. The maximum absolute atomic E-state index is 11.0. The van der Waals surface area contributed by atoms with E-state index in [-0.39, 0.29) is 17.5 Å².